The van der Waals surface area contributed by atoms with Crippen LogP contribution in [0.4, 0.5) is 5.69 Å². The minimum atomic E-state index is -3.55. The largest absolute Gasteiger partial charge is 0.398 e. The fourth-order valence-corrected chi connectivity index (χ4v) is 4.34. The topological polar surface area (TPSA) is 92.5 Å². The summed E-state index contributed by atoms with van der Waals surface area (Å²) in [6.45, 7) is 2.42. The van der Waals surface area contributed by atoms with Crippen molar-refractivity contribution < 1.29 is 13.2 Å². The molecular weight excluding hydrogens is 290 g/mol. The first kappa shape index (κ1) is 15.8. The summed E-state index contributed by atoms with van der Waals surface area (Å²) in [6.07, 6.45) is 1.08. The van der Waals surface area contributed by atoms with Crippen molar-refractivity contribution >= 4 is 21.6 Å². The van der Waals surface area contributed by atoms with Crippen molar-refractivity contribution in [3.63, 3.8) is 0 Å². The molecule has 0 unspecified atom stereocenters. The Labute approximate surface area is 125 Å². The Hall–Kier alpha value is -1.60. The summed E-state index contributed by atoms with van der Waals surface area (Å²) in [5.41, 5.74) is 6.83. The van der Waals surface area contributed by atoms with E-state index in [2.05, 4.69) is 5.32 Å². The van der Waals surface area contributed by atoms with Crippen molar-refractivity contribution in [1.29, 1.82) is 0 Å². The first-order valence-electron chi connectivity index (χ1n) is 6.94. The molecule has 6 nitrogen and oxygen atoms in total. The van der Waals surface area contributed by atoms with Crippen molar-refractivity contribution in [1.82, 2.24) is 9.62 Å². The van der Waals surface area contributed by atoms with Gasteiger partial charge in [0, 0.05) is 31.7 Å². The van der Waals surface area contributed by atoms with Gasteiger partial charge in [-0.25, -0.2) is 8.42 Å². The number of anilines is 1. The maximum Gasteiger partial charge on any atom is 0.243 e. The molecule has 1 aromatic rings. The number of sulfonamides is 1. The summed E-state index contributed by atoms with van der Waals surface area (Å²) in [5.74, 6) is -0.129. The predicted molar refractivity (Wildman–Crippen MR) is 81.1 cm³/mol. The van der Waals surface area contributed by atoms with Crippen LogP contribution in [-0.4, -0.2) is 38.8 Å². The van der Waals surface area contributed by atoms with E-state index in [0.29, 0.717) is 37.2 Å². The van der Waals surface area contributed by atoms with Crippen LogP contribution in [0.5, 0.6) is 0 Å². The molecule has 7 heteroatoms. The average Bonchev–Trinajstić information content (AvgIpc) is 2.49. The van der Waals surface area contributed by atoms with E-state index < -0.39 is 10.0 Å². The zero-order chi connectivity index (χ0) is 15.6. The molecule has 3 N–H and O–H groups in total. The van der Waals surface area contributed by atoms with Gasteiger partial charge < -0.3 is 11.1 Å². The van der Waals surface area contributed by atoms with Crippen molar-refractivity contribution in [2.24, 2.45) is 5.92 Å². The molecule has 116 valence electrons. The van der Waals surface area contributed by atoms with Gasteiger partial charge in [-0.15, -0.1) is 0 Å². The highest BCUT2D eigenvalue weighted by atomic mass is 32.2. The maximum absolute atomic E-state index is 12.7. The summed E-state index contributed by atoms with van der Waals surface area (Å²) in [7, 11) is -1.95. The number of hydrogen-bond donors (Lipinski definition) is 2. The quantitative estimate of drug-likeness (QED) is 0.805. The molecule has 2 rings (SSSR count). The van der Waals surface area contributed by atoms with E-state index in [1.807, 2.05) is 0 Å². The van der Waals surface area contributed by atoms with E-state index in [1.54, 1.807) is 32.2 Å². The number of nitrogens with zero attached hydrogens (tertiary/aromatic N) is 1. The molecule has 1 amide bonds. The van der Waals surface area contributed by atoms with Gasteiger partial charge in [0.2, 0.25) is 15.9 Å². The predicted octanol–water partition coefficient (Wildman–Crippen LogP) is 0.724. The molecule has 1 fully saturated rings. The number of amides is 1. The SMILES string of the molecule is CNC(=O)C1CCN(S(=O)(=O)c2cccc(N)c2C)CC1. The third-order valence-corrected chi connectivity index (χ3v) is 6.06. The van der Waals surface area contributed by atoms with Crippen LogP contribution in [0.2, 0.25) is 0 Å². The van der Waals surface area contributed by atoms with Gasteiger partial charge in [-0.1, -0.05) is 6.07 Å². The van der Waals surface area contributed by atoms with Crippen LogP contribution < -0.4 is 11.1 Å². The zero-order valence-corrected chi connectivity index (χ0v) is 13.1. The van der Waals surface area contributed by atoms with E-state index in [4.69, 9.17) is 5.73 Å². The Morgan fingerprint density at radius 2 is 1.95 bits per heavy atom. The highest BCUT2D eigenvalue weighted by Gasteiger charge is 2.32. The van der Waals surface area contributed by atoms with Gasteiger partial charge in [0.15, 0.2) is 0 Å². The molecule has 0 atom stereocenters. The molecular formula is C14H21N3O3S. The lowest BCUT2D eigenvalue weighted by molar-refractivity contribution is -0.125. The normalized spacial score (nSPS) is 17.6. The van der Waals surface area contributed by atoms with Crippen LogP contribution in [0.15, 0.2) is 23.1 Å². The molecule has 1 aliphatic rings. The minimum Gasteiger partial charge on any atom is -0.398 e. The Morgan fingerprint density at radius 3 is 2.52 bits per heavy atom. The summed E-state index contributed by atoms with van der Waals surface area (Å²) in [4.78, 5) is 11.8. The lowest BCUT2D eigenvalue weighted by atomic mass is 9.97. The standard InChI is InChI=1S/C14H21N3O3S/c1-10-12(15)4-3-5-13(10)21(19,20)17-8-6-11(7-9-17)14(18)16-2/h3-5,11H,6-9,15H2,1-2H3,(H,16,18). The summed E-state index contributed by atoms with van der Waals surface area (Å²) in [5, 5.41) is 2.61. The summed E-state index contributed by atoms with van der Waals surface area (Å²) < 4.78 is 26.8. The number of piperidine rings is 1. The first-order chi connectivity index (χ1) is 9.87. The van der Waals surface area contributed by atoms with Gasteiger partial charge in [0.05, 0.1) is 4.90 Å². The number of benzene rings is 1. The van der Waals surface area contributed by atoms with Crippen LogP contribution in [0, 0.1) is 12.8 Å². The summed E-state index contributed by atoms with van der Waals surface area (Å²) in [6, 6.07) is 4.91. The number of rotatable bonds is 3. The Morgan fingerprint density at radius 1 is 1.33 bits per heavy atom. The highest BCUT2D eigenvalue weighted by molar-refractivity contribution is 7.89. The molecule has 1 aliphatic heterocycles. The molecule has 1 saturated heterocycles. The molecule has 0 radical (unpaired) electrons. The van der Waals surface area contributed by atoms with E-state index in [1.165, 1.54) is 4.31 Å². The highest BCUT2D eigenvalue weighted by Crippen LogP contribution is 2.27. The number of nitrogen functional groups attached to an aromatic ring is 1. The second-order valence-corrected chi connectivity index (χ2v) is 7.17. The Balaban J connectivity index is 2.19. The van der Waals surface area contributed by atoms with Crippen LogP contribution in [-0.2, 0) is 14.8 Å². The molecule has 0 aliphatic carbocycles. The summed E-state index contributed by atoms with van der Waals surface area (Å²) >= 11 is 0. The van der Waals surface area contributed by atoms with Crippen LogP contribution in [0.25, 0.3) is 0 Å². The van der Waals surface area contributed by atoms with Crippen LogP contribution in [0.3, 0.4) is 0 Å². The van der Waals surface area contributed by atoms with Crippen LogP contribution >= 0.6 is 0 Å². The maximum atomic E-state index is 12.7. The third kappa shape index (κ3) is 3.03. The number of carbonyl (C=O) groups excluding carboxylic acids is 1. The van der Waals surface area contributed by atoms with Crippen molar-refractivity contribution in [2.45, 2.75) is 24.7 Å². The lowest BCUT2D eigenvalue weighted by Gasteiger charge is -2.30. The monoisotopic (exact) mass is 311 g/mol. The van der Waals surface area contributed by atoms with Gasteiger partial charge >= 0.3 is 0 Å². The van der Waals surface area contributed by atoms with E-state index in [-0.39, 0.29) is 16.7 Å². The molecule has 21 heavy (non-hydrogen) atoms. The van der Waals surface area contributed by atoms with Gasteiger partial charge in [0.1, 0.15) is 0 Å². The Kier molecular flexibility index (Phi) is 4.53. The van der Waals surface area contributed by atoms with Gasteiger partial charge in [-0.2, -0.15) is 4.31 Å². The van der Waals surface area contributed by atoms with Gasteiger partial charge in [-0.05, 0) is 37.5 Å². The number of carbonyl (C=O) groups is 1. The van der Waals surface area contributed by atoms with E-state index >= 15 is 0 Å². The fourth-order valence-electron chi connectivity index (χ4n) is 2.61. The van der Waals surface area contributed by atoms with Gasteiger partial charge in [0.25, 0.3) is 0 Å². The minimum absolute atomic E-state index is 0.0211. The third-order valence-electron chi connectivity index (χ3n) is 4.01. The number of nitrogens with two attached hydrogens (primary N) is 1. The Bertz CT molecular complexity index is 635. The molecule has 0 saturated carbocycles. The van der Waals surface area contributed by atoms with Crippen molar-refractivity contribution in [3.05, 3.63) is 23.8 Å². The number of nitrogens with one attached hydrogen (secondary N) is 1. The second-order valence-electron chi connectivity index (χ2n) is 5.26. The number of hydrogen-bond acceptors (Lipinski definition) is 4. The van der Waals surface area contributed by atoms with Gasteiger partial charge in [-0.3, -0.25) is 4.79 Å². The van der Waals surface area contributed by atoms with E-state index in [0.717, 1.165) is 0 Å². The van der Waals surface area contributed by atoms with E-state index in [9.17, 15) is 13.2 Å². The first-order valence-corrected chi connectivity index (χ1v) is 8.38. The molecule has 0 spiro atoms. The van der Waals surface area contributed by atoms with Crippen LogP contribution in [0.1, 0.15) is 18.4 Å². The molecule has 0 bridgehead atoms. The van der Waals surface area contributed by atoms with Crippen molar-refractivity contribution in [3.8, 4) is 0 Å². The average molecular weight is 311 g/mol. The van der Waals surface area contributed by atoms with Crippen molar-refractivity contribution in [2.75, 3.05) is 25.9 Å². The molecule has 1 aromatic carbocycles. The fraction of sp³-hybridized carbons (Fsp3) is 0.500. The lowest BCUT2D eigenvalue weighted by Crippen LogP contribution is -2.42. The smallest absolute Gasteiger partial charge is 0.243 e. The molecule has 0 aromatic heterocycles. The molecule has 1 heterocycles. The second kappa shape index (κ2) is 6.03. The zero-order valence-electron chi connectivity index (χ0n) is 12.3.